The topological polar surface area (TPSA) is 52.3 Å². The third-order valence-corrected chi connectivity index (χ3v) is 5.03. The lowest BCUT2D eigenvalue weighted by atomic mass is 9.85. The minimum absolute atomic E-state index is 0.169. The van der Waals surface area contributed by atoms with E-state index >= 15 is 0 Å². The van der Waals surface area contributed by atoms with Crippen LogP contribution in [0, 0.1) is 5.92 Å². The molecule has 0 bridgehead atoms. The van der Waals surface area contributed by atoms with Gasteiger partial charge in [-0.15, -0.1) is 0 Å². The molecule has 2 N–H and O–H groups in total. The van der Waals surface area contributed by atoms with Crippen LogP contribution in [0.25, 0.3) is 0 Å². The summed E-state index contributed by atoms with van der Waals surface area (Å²) in [5, 5.41) is 0. The number of halogens is 1. The molecule has 0 heterocycles. The van der Waals surface area contributed by atoms with Gasteiger partial charge < -0.3 is 10.5 Å². The van der Waals surface area contributed by atoms with Gasteiger partial charge in [-0.3, -0.25) is 4.79 Å². The summed E-state index contributed by atoms with van der Waals surface area (Å²) < 4.78 is 4.83. The number of carbonyl (C=O) groups excluding carboxylic acids is 1. The number of hydrogen-bond acceptors (Lipinski definition) is 2. The van der Waals surface area contributed by atoms with Gasteiger partial charge in [-0.05, 0) is 34.3 Å². The molecule has 1 atom stereocenters. The molecule has 1 amide bonds. The molecule has 0 aliphatic heterocycles. The first-order chi connectivity index (χ1) is 9.13. The van der Waals surface area contributed by atoms with Crippen molar-refractivity contribution < 1.29 is 9.53 Å². The Bertz CT molecular complexity index is 417. The van der Waals surface area contributed by atoms with Crippen molar-refractivity contribution in [2.75, 3.05) is 0 Å². The lowest BCUT2D eigenvalue weighted by Gasteiger charge is -2.35. The van der Waals surface area contributed by atoms with Crippen LogP contribution in [-0.4, -0.2) is 10.4 Å². The molecule has 3 nitrogen and oxygen atoms in total. The molecule has 1 aromatic carbocycles. The lowest BCUT2D eigenvalue weighted by Crippen LogP contribution is -2.47. The van der Waals surface area contributed by atoms with Crippen LogP contribution >= 0.6 is 15.9 Å². The van der Waals surface area contributed by atoms with Crippen LogP contribution in [0.2, 0.25) is 0 Å². The summed E-state index contributed by atoms with van der Waals surface area (Å²) in [4.78, 5) is 11.8. The molecular weight excluding hydrogens is 306 g/mol. The zero-order valence-corrected chi connectivity index (χ0v) is 12.6. The highest BCUT2D eigenvalue weighted by Crippen LogP contribution is 2.39. The molecule has 2 rings (SSSR count). The van der Waals surface area contributed by atoms with Crippen LogP contribution in [0.3, 0.4) is 0 Å². The first-order valence-corrected chi connectivity index (χ1v) is 7.59. The van der Waals surface area contributed by atoms with Crippen LogP contribution in [0.5, 0.6) is 0 Å². The zero-order valence-electron chi connectivity index (χ0n) is 11.0. The fourth-order valence-electron chi connectivity index (χ4n) is 2.63. The number of amides is 1. The summed E-state index contributed by atoms with van der Waals surface area (Å²) in [6.45, 7) is 0.394. The molecule has 1 aliphatic rings. The Balaban J connectivity index is 2.04. The van der Waals surface area contributed by atoms with Crippen molar-refractivity contribution in [1.29, 1.82) is 0 Å². The van der Waals surface area contributed by atoms with Gasteiger partial charge in [0.1, 0.15) is 0 Å². The standard InChI is InChI=1S/C15H20BrNO2/c16-15(14(17)18,13-9-5-2-6-10-13)19-11-12-7-3-1-4-8-12/h1,3-4,7-8,13H,2,5-6,9-11H2,(H2,17,18). The number of ether oxygens (including phenoxy) is 1. The molecule has 0 saturated heterocycles. The Morgan fingerprint density at radius 3 is 2.47 bits per heavy atom. The molecular formula is C15H20BrNO2. The number of primary amides is 1. The quantitative estimate of drug-likeness (QED) is 0.844. The number of carbonyl (C=O) groups is 1. The predicted octanol–water partition coefficient (Wildman–Crippen LogP) is 3.36. The van der Waals surface area contributed by atoms with Crippen molar-refractivity contribution in [2.24, 2.45) is 11.7 Å². The summed E-state index contributed by atoms with van der Waals surface area (Å²) in [6.07, 6.45) is 5.49. The summed E-state index contributed by atoms with van der Waals surface area (Å²) in [5.41, 5.74) is 6.60. The average Bonchev–Trinajstić information content (AvgIpc) is 2.46. The zero-order chi connectivity index (χ0) is 13.7. The summed E-state index contributed by atoms with van der Waals surface area (Å²) in [6, 6.07) is 9.84. The van der Waals surface area contributed by atoms with Crippen molar-refractivity contribution in [1.82, 2.24) is 0 Å². The molecule has 19 heavy (non-hydrogen) atoms. The van der Waals surface area contributed by atoms with Gasteiger partial charge in [0, 0.05) is 5.92 Å². The van der Waals surface area contributed by atoms with E-state index in [2.05, 4.69) is 15.9 Å². The van der Waals surface area contributed by atoms with Crippen molar-refractivity contribution in [2.45, 2.75) is 43.2 Å². The van der Waals surface area contributed by atoms with E-state index in [9.17, 15) is 4.79 Å². The molecule has 1 saturated carbocycles. The van der Waals surface area contributed by atoms with Gasteiger partial charge in [0.05, 0.1) is 6.61 Å². The monoisotopic (exact) mass is 325 g/mol. The minimum Gasteiger partial charge on any atom is -0.366 e. The Hall–Kier alpha value is -0.870. The number of alkyl halides is 1. The molecule has 1 fully saturated rings. The van der Waals surface area contributed by atoms with E-state index in [0.717, 1.165) is 31.2 Å². The van der Waals surface area contributed by atoms with Gasteiger partial charge in [0.25, 0.3) is 5.91 Å². The predicted molar refractivity (Wildman–Crippen MR) is 78.7 cm³/mol. The van der Waals surface area contributed by atoms with Gasteiger partial charge in [0.15, 0.2) is 0 Å². The maximum atomic E-state index is 11.8. The molecule has 0 radical (unpaired) electrons. The third kappa shape index (κ3) is 3.57. The highest BCUT2D eigenvalue weighted by atomic mass is 79.9. The normalized spacial score (nSPS) is 19.8. The van der Waals surface area contributed by atoms with E-state index in [1.807, 2.05) is 30.3 Å². The second-order valence-corrected chi connectivity index (χ2v) is 6.30. The molecule has 0 aromatic heterocycles. The number of nitrogens with two attached hydrogens (primary N) is 1. The summed E-state index contributed by atoms with van der Waals surface area (Å²) >= 11 is 3.47. The Morgan fingerprint density at radius 1 is 1.26 bits per heavy atom. The van der Waals surface area contributed by atoms with Crippen molar-refractivity contribution in [3.05, 3.63) is 35.9 Å². The van der Waals surface area contributed by atoms with Crippen LogP contribution in [0.15, 0.2) is 30.3 Å². The number of rotatable bonds is 5. The van der Waals surface area contributed by atoms with Gasteiger partial charge in [-0.2, -0.15) is 0 Å². The minimum atomic E-state index is -1.02. The van der Waals surface area contributed by atoms with Gasteiger partial charge in [-0.1, -0.05) is 49.6 Å². The lowest BCUT2D eigenvalue weighted by molar-refractivity contribution is -0.139. The molecule has 104 valence electrons. The van der Waals surface area contributed by atoms with Gasteiger partial charge in [-0.25, -0.2) is 0 Å². The maximum absolute atomic E-state index is 11.8. The van der Waals surface area contributed by atoms with Gasteiger partial charge in [0.2, 0.25) is 4.51 Å². The first kappa shape index (κ1) is 14.5. The number of benzene rings is 1. The summed E-state index contributed by atoms with van der Waals surface area (Å²) in [5.74, 6) is -0.252. The first-order valence-electron chi connectivity index (χ1n) is 6.79. The maximum Gasteiger partial charge on any atom is 0.261 e. The van der Waals surface area contributed by atoms with Crippen molar-refractivity contribution in [3.8, 4) is 0 Å². The van der Waals surface area contributed by atoms with Crippen LogP contribution in [-0.2, 0) is 16.1 Å². The fourth-order valence-corrected chi connectivity index (χ4v) is 3.20. The second kappa shape index (κ2) is 6.53. The Kier molecular flexibility index (Phi) is 4.99. The highest BCUT2D eigenvalue weighted by molar-refractivity contribution is 9.10. The Labute approximate surface area is 122 Å². The molecule has 0 spiro atoms. The molecule has 4 heteroatoms. The number of hydrogen-bond donors (Lipinski definition) is 1. The molecule has 1 aromatic rings. The highest BCUT2D eigenvalue weighted by Gasteiger charge is 2.43. The van der Waals surface area contributed by atoms with Crippen LogP contribution in [0.4, 0.5) is 0 Å². The van der Waals surface area contributed by atoms with Crippen LogP contribution < -0.4 is 5.73 Å². The van der Waals surface area contributed by atoms with E-state index in [4.69, 9.17) is 10.5 Å². The van der Waals surface area contributed by atoms with Crippen molar-refractivity contribution in [3.63, 3.8) is 0 Å². The van der Waals surface area contributed by atoms with Crippen molar-refractivity contribution >= 4 is 21.8 Å². The fraction of sp³-hybridized carbons (Fsp3) is 0.533. The average molecular weight is 326 g/mol. The Morgan fingerprint density at radius 2 is 1.89 bits per heavy atom. The van der Waals surface area contributed by atoms with Gasteiger partial charge >= 0.3 is 0 Å². The molecule has 1 aliphatic carbocycles. The largest absolute Gasteiger partial charge is 0.366 e. The van der Waals surface area contributed by atoms with E-state index < -0.39 is 10.4 Å². The SMILES string of the molecule is NC(=O)C(Br)(OCc1ccccc1)C1CCCCC1. The van der Waals surface area contributed by atoms with E-state index in [1.54, 1.807) is 0 Å². The van der Waals surface area contributed by atoms with E-state index in [0.29, 0.717) is 6.61 Å². The van der Waals surface area contributed by atoms with Crippen LogP contribution in [0.1, 0.15) is 37.7 Å². The second-order valence-electron chi connectivity index (χ2n) is 5.12. The smallest absolute Gasteiger partial charge is 0.261 e. The molecule has 1 unspecified atom stereocenters. The van der Waals surface area contributed by atoms with E-state index in [-0.39, 0.29) is 5.92 Å². The third-order valence-electron chi connectivity index (χ3n) is 3.76. The summed E-state index contributed by atoms with van der Waals surface area (Å²) in [7, 11) is 0. The van der Waals surface area contributed by atoms with E-state index in [1.165, 1.54) is 6.42 Å².